The average Bonchev–Trinajstić information content (AvgIpc) is 3.25. The van der Waals surface area contributed by atoms with Crippen molar-refractivity contribution in [3.8, 4) is 11.5 Å². The molecule has 0 saturated heterocycles. The van der Waals surface area contributed by atoms with Crippen molar-refractivity contribution in [1.82, 2.24) is 5.32 Å². The second-order valence-electron chi connectivity index (χ2n) is 5.77. The molecule has 0 aromatic heterocycles. The molecule has 1 aliphatic carbocycles. The number of para-hydroxylation sites is 1. The second kappa shape index (κ2) is 5.41. The van der Waals surface area contributed by atoms with E-state index in [2.05, 4.69) is 35.6 Å². The number of fused-ring (bicyclic) bond motifs is 1. The van der Waals surface area contributed by atoms with E-state index < -0.39 is 0 Å². The zero-order valence-electron chi connectivity index (χ0n) is 12.0. The van der Waals surface area contributed by atoms with Gasteiger partial charge in [0, 0.05) is 18.7 Å². The highest BCUT2D eigenvalue weighted by molar-refractivity contribution is 5.48. The number of ether oxygens (including phenoxy) is 2. The Labute approximate surface area is 124 Å². The lowest BCUT2D eigenvalue weighted by Crippen LogP contribution is -2.13. The molecular formula is C18H19NO2. The van der Waals surface area contributed by atoms with Crippen molar-refractivity contribution in [1.29, 1.82) is 0 Å². The van der Waals surface area contributed by atoms with Crippen molar-refractivity contribution in [2.45, 2.75) is 31.8 Å². The molecule has 4 rings (SSSR count). The van der Waals surface area contributed by atoms with Crippen LogP contribution in [0.25, 0.3) is 0 Å². The molecule has 3 heteroatoms. The normalized spacial score (nSPS) is 16.2. The van der Waals surface area contributed by atoms with Crippen molar-refractivity contribution in [3.63, 3.8) is 0 Å². The fraction of sp³-hybridized carbons (Fsp3) is 0.333. The predicted octanol–water partition coefficient (Wildman–Crippen LogP) is 3.58. The van der Waals surface area contributed by atoms with Crippen molar-refractivity contribution < 1.29 is 9.47 Å². The Morgan fingerprint density at radius 1 is 0.952 bits per heavy atom. The van der Waals surface area contributed by atoms with Gasteiger partial charge >= 0.3 is 0 Å². The Morgan fingerprint density at radius 3 is 2.62 bits per heavy atom. The Bertz CT molecular complexity index is 632. The van der Waals surface area contributed by atoms with Crippen molar-refractivity contribution in [3.05, 3.63) is 59.2 Å². The van der Waals surface area contributed by atoms with Crippen LogP contribution in [0.5, 0.6) is 11.5 Å². The maximum Gasteiger partial charge on any atom is 0.231 e. The molecule has 1 heterocycles. The number of hydrogen-bond acceptors (Lipinski definition) is 3. The first-order valence-electron chi connectivity index (χ1n) is 7.57. The molecule has 0 amide bonds. The van der Waals surface area contributed by atoms with Gasteiger partial charge in [0.2, 0.25) is 6.79 Å². The Hall–Kier alpha value is -2.00. The van der Waals surface area contributed by atoms with E-state index in [-0.39, 0.29) is 0 Å². The van der Waals surface area contributed by atoms with Gasteiger partial charge in [0.1, 0.15) is 0 Å². The molecule has 1 fully saturated rings. The van der Waals surface area contributed by atoms with Crippen molar-refractivity contribution in [2.24, 2.45) is 0 Å². The van der Waals surface area contributed by atoms with E-state index >= 15 is 0 Å². The van der Waals surface area contributed by atoms with Crippen LogP contribution in [0.15, 0.2) is 42.5 Å². The summed E-state index contributed by atoms with van der Waals surface area (Å²) in [5.74, 6) is 2.56. The van der Waals surface area contributed by atoms with Crippen LogP contribution in [0.2, 0.25) is 0 Å². The largest absolute Gasteiger partial charge is 0.454 e. The maximum absolute atomic E-state index is 5.52. The Kier molecular flexibility index (Phi) is 3.28. The van der Waals surface area contributed by atoms with E-state index in [0.29, 0.717) is 6.79 Å². The number of rotatable bonds is 5. The lowest BCUT2D eigenvalue weighted by molar-refractivity contribution is 0.173. The molecule has 0 bridgehead atoms. The van der Waals surface area contributed by atoms with Gasteiger partial charge in [-0.25, -0.2) is 0 Å². The van der Waals surface area contributed by atoms with Gasteiger partial charge in [0.25, 0.3) is 0 Å². The van der Waals surface area contributed by atoms with Crippen LogP contribution in [0.3, 0.4) is 0 Å². The fourth-order valence-electron chi connectivity index (χ4n) is 2.80. The molecule has 2 aromatic carbocycles. The SMILES string of the molecule is c1cc(CNCc2ccc(C3CC3)cc2)c2c(c1)OCO2. The number of hydrogen-bond donors (Lipinski definition) is 1. The van der Waals surface area contributed by atoms with E-state index in [9.17, 15) is 0 Å². The highest BCUT2D eigenvalue weighted by Crippen LogP contribution is 2.40. The summed E-state index contributed by atoms with van der Waals surface area (Å²) in [6, 6.07) is 15.0. The first-order chi connectivity index (χ1) is 10.4. The molecule has 1 saturated carbocycles. The molecule has 2 aromatic rings. The van der Waals surface area contributed by atoms with Gasteiger partial charge < -0.3 is 14.8 Å². The van der Waals surface area contributed by atoms with Crippen molar-refractivity contribution >= 4 is 0 Å². The van der Waals surface area contributed by atoms with Gasteiger partial charge in [0.05, 0.1) is 0 Å². The molecule has 3 nitrogen and oxygen atoms in total. The molecule has 1 aliphatic heterocycles. The van der Waals surface area contributed by atoms with Crippen molar-refractivity contribution in [2.75, 3.05) is 6.79 Å². The van der Waals surface area contributed by atoms with Crippen LogP contribution in [0.4, 0.5) is 0 Å². The van der Waals surface area contributed by atoms with Crippen LogP contribution in [-0.4, -0.2) is 6.79 Å². The van der Waals surface area contributed by atoms with E-state index in [4.69, 9.17) is 9.47 Å². The van der Waals surface area contributed by atoms with Gasteiger partial charge in [-0.15, -0.1) is 0 Å². The third-order valence-corrected chi connectivity index (χ3v) is 4.15. The van der Waals surface area contributed by atoms with Gasteiger partial charge in [-0.3, -0.25) is 0 Å². The van der Waals surface area contributed by atoms with Crippen LogP contribution < -0.4 is 14.8 Å². The minimum atomic E-state index is 0.328. The van der Waals surface area contributed by atoms with Crippen LogP contribution in [0.1, 0.15) is 35.4 Å². The summed E-state index contributed by atoms with van der Waals surface area (Å²) in [6.07, 6.45) is 2.72. The maximum atomic E-state index is 5.52. The van der Waals surface area contributed by atoms with Crippen LogP contribution >= 0.6 is 0 Å². The van der Waals surface area contributed by atoms with E-state index in [1.54, 1.807) is 0 Å². The number of benzene rings is 2. The molecule has 2 aliphatic rings. The zero-order valence-corrected chi connectivity index (χ0v) is 12.0. The van der Waals surface area contributed by atoms with Gasteiger partial charge in [-0.05, 0) is 36.0 Å². The lowest BCUT2D eigenvalue weighted by atomic mass is 10.1. The summed E-state index contributed by atoms with van der Waals surface area (Å²) in [7, 11) is 0. The van der Waals surface area contributed by atoms with Gasteiger partial charge in [0.15, 0.2) is 11.5 Å². The molecular weight excluding hydrogens is 262 g/mol. The second-order valence-corrected chi connectivity index (χ2v) is 5.77. The summed E-state index contributed by atoms with van der Waals surface area (Å²) >= 11 is 0. The Balaban J connectivity index is 1.36. The Morgan fingerprint density at radius 2 is 1.81 bits per heavy atom. The van der Waals surface area contributed by atoms with Crippen LogP contribution in [0, 0.1) is 0 Å². The topological polar surface area (TPSA) is 30.5 Å². The minimum Gasteiger partial charge on any atom is -0.454 e. The average molecular weight is 281 g/mol. The van der Waals surface area contributed by atoms with Crippen LogP contribution in [-0.2, 0) is 13.1 Å². The minimum absolute atomic E-state index is 0.328. The molecule has 108 valence electrons. The third kappa shape index (κ3) is 2.74. The highest BCUT2D eigenvalue weighted by atomic mass is 16.7. The number of nitrogens with one attached hydrogen (secondary N) is 1. The molecule has 0 atom stereocenters. The summed E-state index contributed by atoms with van der Waals surface area (Å²) < 4.78 is 10.9. The summed E-state index contributed by atoms with van der Waals surface area (Å²) in [5, 5.41) is 3.48. The van der Waals surface area contributed by atoms with E-state index in [1.165, 1.54) is 24.0 Å². The molecule has 0 radical (unpaired) electrons. The zero-order chi connectivity index (χ0) is 14.1. The third-order valence-electron chi connectivity index (χ3n) is 4.15. The standard InChI is InChI=1S/C18H19NO2/c1-2-16(18-17(3-1)20-12-21-18)11-19-10-13-4-6-14(7-5-13)15-8-9-15/h1-7,15,19H,8-12H2. The first kappa shape index (κ1) is 12.7. The van der Waals surface area contributed by atoms with E-state index in [1.807, 2.05) is 12.1 Å². The fourth-order valence-corrected chi connectivity index (χ4v) is 2.80. The van der Waals surface area contributed by atoms with Gasteiger partial charge in [-0.1, -0.05) is 36.4 Å². The molecule has 21 heavy (non-hydrogen) atoms. The lowest BCUT2D eigenvalue weighted by Gasteiger charge is -2.08. The molecule has 1 N–H and O–H groups in total. The molecule has 0 spiro atoms. The summed E-state index contributed by atoms with van der Waals surface area (Å²) in [4.78, 5) is 0. The smallest absolute Gasteiger partial charge is 0.231 e. The first-order valence-corrected chi connectivity index (χ1v) is 7.57. The summed E-state index contributed by atoms with van der Waals surface area (Å²) in [6.45, 7) is 1.99. The monoisotopic (exact) mass is 281 g/mol. The predicted molar refractivity (Wildman–Crippen MR) is 81.5 cm³/mol. The molecule has 0 unspecified atom stereocenters. The van der Waals surface area contributed by atoms with E-state index in [0.717, 1.165) is 36.1 Å². The summed E-state index contributed by atoms with van der Waals surface area (Å²) in [5.41, 5.74) is 3.97. The highest BCUT2D eigenvalue weighted by Gasteiger charge is 2.22. The quantitative estimate of drug-likeness (QED) is 0.908. The van der Waals surface area contributed by atoms with Gasteiger partial charge in [-0.2, -0.15) is 0 Å².